The highest BCUT2D eigenvalue weighted by molar-refractivity contribution is 6.42. The minimum atomic E-state index is 0.196. The molecule has 1 heterocycles. The Morgan fingerprint density at radius 3 is 2.53 bits per heavy atom. The molecule has 1 atom stereocenters. The van der Waals surface area contributed by atoms with Gasteiger partial charge in [0.1, 0.15) is 0 Å². The number of hydrogen-bond donors (Lipinski definition) is 1. The van der Waals surface area contributed by atoms with E-state index < -0.39 is 0 Å². The van der Waals surface area contributed by atoms with Crippen LogP contribution < -0.4 is 5.73 Å². The summed E-state index contributed by atoms with van der Waals surface area (Å²) in [5.74, 6) is 0. The summed E-state index contributed by atoms with van der Waals surface area (Å²) < 4.78 is 0. The van der Waals surface area contributed by atoms with E-state index in [-0.39, 0.29) is 6.04 Å². The second kappa shape index (κ2) is 6.05. The zero-order valence-corrected chi connectivity index (χ0v) is 11.3. The number of piperidine rings is 1. The van der Waals surface area contributed by atoms with Gasteiger partial charge in [0.15, 0.2) is 0 Å². The van der Waals surface area contributed by atoms with Crippen LogP contribution in [0.5, 0.6) is 0 Å². The van der Waals surface area contributed by atoms with Crippen molar-refractivity contribution in [1.82, 2.24) is 4.90 Å². The van der Waals surface area contributed by atoms with Gasteiger partial charge in [-0.1, -0.05) is 41.8 Å². The molecule has 0 saturated carbocycles. The Balaban J connectivity index is 2.24. The standard InChI is InChI=1S/C13H18Cl2N2/c14-11-6-4-5-10(13(11)15)12(9-16)17-7-2-1-3-8-17/h4-6,12H,1-3,7-9,16H2. The quantitative estimate of drug-likeness (QED) is 0.913. The minimum absolute atomic E-state index is 0.196. The third-order valence-corrected chi connectivity index (χ3v) is 4.23. The lowest BCUT2D eigenvalue weighted by atomic mass is 10.0. The lowest BCUT2D eigenvalue weighted by Crippen LogP contribution is -2.37. The molecule has 1 aromatic carbocycles. The fraction of sp³-hybridized carbons (Fsp3) is 0.538. The molecule has 0 bridgehead atoms. The van der Waals surface area contributed by atoms with Crippen LogP contribution in [0.2, 0.25) is 10.0 Å². The van der Waals surface area contributed by atoms with Gasteiger partial charge in [-0.3, -0.25) is 4.90 Å². The van der Waals surface area contributed by atoms with Crippen LogP contribution >= 0.6 is 23.2 Å². The van der Waals surface area contributed by atoms with Gasteiger partial charge in [-0.05, 0) is 37.6 Å². The Morgan fingerprint density at radius 1 is 1.18 bits per heavy atom. The fourth-order valence-corrected chi connectivity index (χ4v) is 2.91. The van der Waals surface area contributed by atoms with Crippen LogP contribution in [-0.2, 0) is 0 Å². The maximum Gasteiger partial charge on any atom is 0.0640 e. The first kappa shape index (κ1) is 13.2. The highest BCUT2D eigenvalue weighted by Crippen LogP contribution is 2.33. The van der Waals surface area contributed by atoms with E-state index in [1.807, 2.05) is 18.2 Å². The van der Waals surface area contributed by atoms with E-state index in [9.17, 15) is 0 Å². The van der Waals surface area contributed by atoms with E-state index in [2.05, 4.69) is 4.90 Å². The molecule has 0 aliphatic carbocycles. The smallest absolute Gasteiger partial charge is 0.0640 e. The van der Waals surface area contributed by atoms with Crippen molar-refractivity contribution >= 4 is 23.2 Å². The van der Waals surface area contributed by atoms with Crippen molar-refractivity contribution in [3.63, 3.8) is 0 Å². The van der Waals surface area contributed by atoms with Crippen LogP contribution in [0, 0.1) is 0 Å². The van der Waals surface area contributed by atoms with Crippen LogP contribution in [-0.4, -0.2) is 24.5 Å². The Kier molecular flexibility index (Phi) is 4.69. The molecule has 1 unspecified atom stereocenters. The fourth-order valence-electron chi connectivity index (χ4n) is 2.48. The van der Waals surface area contributed by atoms with Gasteiger partial charge in [0.25, 0.3) is 0 Å². The number of nitrogens with two attached hydrogens (primary N) is 1. The molecule has 2 rings (SSSR count). The van der Waals surface area contributed by atoms with Crippen LogP contribution in [0.4, 0.5) is 0 Å². The molecule has 0 radical (unpaired) electrons. The number of hydrogen-bond acceptors (Lipinski definition) is 2. The first-order valence-electron chi connectivity index (χ1n) is 6.12. The Labute approximate surface area is 113 Å². The lowest BCUT2D eigenvalue weighted by Gasteiger charge is -2.34. The number of benzene rings is 1. The summed E-state index contributed by atoms with van der Waals surface area (Å²) in [6, 6.07) is 5.98. The zero-order chi connectivity index (χ0) is 12.3. The van der Waals surface area contributed by atoms with Gasteiger partial charge < -0.3 is 5.73 Å². The van der Waals surface area contributed by atoms with Gasteiger partial charge in [-0.25, -0.2) is 0 Å². The summed E-state index contributed by atoms with van der Waals surface area (Å²) in [5.41, 5.74) is 6.97. The van der Waals surface area contributed by atoms with Gasteiger partial charge in [0.05, 0.1) is 10.0 Å². The van der Waals surface area contributed by atoms with Crippen LogP contribution in [0.3, 0.4) is 0 Å². The maximum atomic E-state index is 6.27. The molecule has 0 amide bonds. The highest BCUT2D eigenvalue weighted by Gasteiger charge is 2.23. The van der Waals surface area contributed by atoms with Crippen LogP contribution in [0.25, 0.3) is 0 Å². The molecule has 1 fully saturated rings. The monoisotopic (exact) mass is 272 g/mol. The largest absolute Gasteiger partial charge is 0.329 e. The van der Waals surface area contributed by atoms with E-state index in [1.54, 1.807) is 0 Å². The third kappa shape index (κ3) is 2.94. The molecule has 4 heteroatoms. The molecule has 2 N–H and O–H groups in total. The van der Waals surface area contributed by atoms with Gasteiger partial charge in [-0.15, -0.1) is 0 Å². The molecule has 0 spiro atoms. The van der Waals surface area contributed by atoms with E-state index in [0.29, 0.717) is 16.6 Å². The summed E-state index contributed by atoms with van der Waals surface area (Å²) in [6.45, 7) is 2.79. The highest BCUT2D eigenvalue weighted by atomic mass is 35.5. The molecule has 1 saturated heterocycles. The Morgan fingerprint density at radius 2 is 1.88 bits per heavy atom. The second-order valence-corrected chi connectivity index (χ2v) is 5.28. The average molecular weight is 273 g/mol. The minimum Gasteiger partial charge on any atom is -0.329 e. The summed E-state index contributed by atoms with van der Waals surface area (Å²) in [5, 5.41) is 1.26. The van der Waals surface area contributed by atoms with Crippen molar-refractivity contribution in [2.75, 3.05) is 19.6 Å². The summed E-state index contributed by atoms with van der Waals surface area (Å²) in [6.07, 6.45) is 3.81. The molecular formula is C13H18Cl2N2. The number of likely N-dealkylation sites (tertiary alicyclic amines) is 1. The van der Waals surface area contributed by atoms with Crippen molar-refractivity contribution in [2.45, 2.75) is 25.3 Å². The van der Waals surface area contributed by atoms with E-state index in [4.69, 9.17) is 28.9 Å². The number of rotatable bonds is 3. The van der Waals surface area contributed by atoms with Gasteiger partial charge in [0.2, 0.25) is 0 Å². The van der Waals surface area contributed by atoms with E-state index in [1.165, 1.54) is 19.3 Å². The molecule has 94 valence electrons. The number of halogens is 2. The summed E-state index contributed by atoms with van der Waals surface area (Å²) >= 11 is 12.3. The molecule has 0 aromatic heterocycles. The van der Waals surface area contributed by atoms with Crippen molar-refractivity contribution in [1.29, 1.82) is 0 Å². The zero-order valence-electron chi connectivity index (χ0n) is 9.83. The van der Waals surface area contributed by atoms with Crippen molar-refractivity contribution in [2.24, 2.45) is 5.73 Å². The Bertz CT molecular complexity index is 376. The molecule has 1 aromatic rings. The van der Waals surface area contributed by atoms with Crippen molar-refractivity contribution < 1.29 is 0 Å². The normalized spacial score (nSPS) is 19.2. The summed E-state index contributed by atoms with van der Waals surface area (Å²) in [7, 11) is 0. The first-order chi connectivity index (χ1) is 8.24. The topological polar surface area (TPSA) is 29.3 Å². The first-order valence-corrected chi connectivity index (χ1v) is 6.87. The second-order valence-electron chi connectivity index (χ2n) is 4.49. The lowest BCUT2D eigenvalue weighted by molar-refractivity contribution is 0.167. The molecule has 1 aliphatic heterocycles. The Hall–Kier alpha value is -0.280. The van der Waals surface area contributed by atoms with E-state index >= 15 is 0 Å². The van der Waals surface area contributed by atoms with Gasteiger partial charge in [0, 0.05) is 12.6 Å². The third-order valence-electron chi connectivity index (χ3n) is 3.40. The maximum absolute atomic E-state index is 6.27. The molecular weight excluding hydrogens is 255 g/mol. The predicted molar refractivity (Wildman–Crippen MR) is 73.7 cm³/mol. The van der Waals surface area contributed by atoms with Gasteiger partial charge >= 0.3 is 0 Å². The van der Waals surface area contributed by atoms with Crippen molar-refractivity contribution in [3.05, 3.63) is 33.8 Å². The predicted octanol–water partition coefficient (Wildman–Crippen LogP) is 3.48. The average Bonchev–Trinajstić information content (AvgIpc) is 2.37. The number of nitrogens with zero attached hydrogens (tertiary/aromatic N) is 1. The molecule has 2 nitrogen and oxygen atoms in total. The molecule has 17 heavy (non-hydrogen) atoms. The summed E-state index contributed by atoms with van der Waals surface area (Å²) in [4.78, 5) is 2.42. The van der Waals surface area contributed by atoms with Crippen LogP contribution in [0.1, 0.15) is 30.9 Å². The SMILES string of the molecule is NCC(c1cccc(Cl)c1Cl)N1CCCCC1. The van der Waals surface area contributed by atoms with Crippen molar-refractivity contribution in [3.8, 4) is 0 Å². The van der Waals surface area contributed by atoms with Crippen LogP contribution in [0.15, 0.2) is 18.2 Å². The molecule has 1 aliphatic rings. The van der Waals surface area contributed by atoms with Gasteiger partial charge in [-0.2, -0.15) is 0 Å². The van der Waals surface area contributed by atoms with E-state index in [0.717, 1.165) is 18.7 Å².